The Morgan fingerprint density at radius 3 is 2.58 bits per heavy atom. The molecule has 0 radical (unpaired) electrons. The predicted molar refractivity (Wildman–Crippen MR) is 131 cm³/mol. The van der Waals surface area contributed by atoms with Crippen LogP contribution in [0.2, 0.25) is 0 Å². The standard InChI is InChI=1S/C28H37NO3S/c1-17-16-18(33(5)32)6-7-19(17)26(31)23-10-9-21-20-8-11-24-28(3,15-13-25(30)29(24)4)22(20)12-14-27(21,23)2/h6-7,13,15-16,20-24H,8-12,14H2,1-5H3/t20-,21-,22+,23?,24?,27-,28+,33?/m0/s1. The van der Waals surface area contributed by atoms with E-state index in [1.807, 2.05) is 37.1 Å². The molecule has 33 heavy (non-hydrogen) atoms. The minimum absolute atomic E-state index is 0.0389. The highest BCUT2D eigenvalue weighted by Crippen LogP contribution is 2.65. The van der Waals surface area contributed by atoms with Crippen molar-refractivity contribution < 1.29 is 14.1 Å². The number of Topliss-reactive ketones (excluding diaryl/α,β-unsaturated/α-hetero) is 1. The van der Waals surface area contributed by atoms with Crippen molar-refractivity contribution in [3.05, 3.63) is 41.5 Å². The lowest BCUT2D eigenvalue weighted by molar-refractivity contribution is -0.138. The van der Waals surface area contributed by atoms with E-state index in [1.54, 1.807) is 12.3 Å². The Balaban J connectivity index is 1.42. The van der Waals surface area contributed by atoms with Crippen molar-refractivity contribution in [3.8, 4) is 0 Å². The van der Waals surface area contributed by atoms with Crippen molar-refractivity contribution in [1.82, 2.24) is 4.90 Å². The van der Waals surface area contributed by atoms with Crippen molar-refractivity contribution in [2.45, 2.75) is 70.2 Å². The molecule has 3 saturated carbocycles. The molecule has 3 fully saturated rings. The summed E-state index contributed by atoms with van der Waals surface area (Å²) in [6, 6.07) is 5.98. The molecule has 0 bridgehead atoms. The predicted octanol–water partition coefficient (Wildman–Crippen LogP) is 5.17. The number of likely N-dealkylation sites (N-methyl/N-ethyl adjacent to an activating group) is 1. The van der Waals surface area contributed by atoms with Gasteiger partial charge >= 0.3 is 0 Å². The summed E-state index contributed by atoms with van der Waals surface area (Å²) >= 11 is -1.04. The Labute approximate surface area is 201 Å². The zero-order valence-electron chi connectivity index (χ0n) is 20.6. The number of hydrogen-bond acceptors (Lipinski definition) is 3. The average molecular weight is 468 g/mol. The molecular weight excluding hydrogens is 430 g/mol. The van der Waals surface area contributed by atoms with Crippen molar-refractivity contribution in [2.24, 2.45) is 34.5 Å². The number of carbonyl (C=O) groups excluding carboxylic acids is 2. The van der Waals surface area contributed by atoms with Gasteiger partial charge < -0.3 is 9.45 Å². The molecule has 1 aromatic carbocycles. The SMILES string of the molecule is Cc1cc([S+](C)[O-])ccc1C(=O)C1CC[C@H]2[C@@H]3CCC4N(C)C(=O)C=C[C@]4(C)[C@@H]3CC[C@]12C. The molecule has 4 nitrogen and oxygen atoms in total. The van der Waals surface area contributed by atoms with E-state index in [0.717, 1.165) is 54.5 Å². The van der Waals surface area contributed by atoms with Crippen molar-refractivity contribution in [2.75, 3.05) is 13.3 Å². The number of rotatable bonds is 3. The zero-order chi connectivity index (χ0) is 23.7. The first kappa shape index (κ1) is 23.2. The molecule has 0 spiro atoms. The lowest BCUT2D eigenvalue weighted by atomic mass is 9.47. The van der Waals surface area contributed by atoms with Crippen LogP contribution in [0.5, 0.6) is 0 Å². The summed E-state index contributed by atoms with van der Waals surface area (Å²) in [5.74, 6) is 2.26. The van der Waals surface area contributed by atoms with E-state index in [9.17, 15) is 14.1 Å². The molecule has 0 N–H and O–H groups in total. The topological polar surface area (TPSA) is 60.4 Å². The fourth-order valence-electron chi connectivity index (χ4n) is 8.45. The minimum Gasteiger partial charge on any atom is -0.612 e. The second-order valence-electron chi connectivity index (χ2n) is 11.6. The number of aryl methyl sites for hydroxylation is 1. The summed E-state index contributed by atoms with van der Waals surface area (Å²) in [5.41, 5.74) is 1.84. The van der Waals surface area contributed by atoms with Gasteiger partial charge in [0, 0.05) is 30.0 Å². The summed E-state index contributed by atoms with van der Waals surface area (Å²) in [5, 5.41) is 0. The van der Waals surface area contributed by atoms with Crippen LogP contribution < -0.4 is 0 Å². The molecule has 3 unspecified atom stereocenters. The third kappa shape index (κ3) is 3.36. The highest BCUT2D eigenvalue weighted by Gasteiger charge is 2.61. The molecule has 4 aliphatic rings. The van der Waals surface area contributed by atoms with Crippen molar-refractivity contribution in [3.63, 3.8) is 0 Å². The highest BCUT2D eigenvalue weighted by atomic mass is 32.2. The van der Waals surface area contributed by atoms with E-state index < -0.39 is 11.2 Å². The van der Waals surface area contributed by atoms with Crippen LogP contribution in [0.15, 0.2) is 35.2 Å². The Kier molecular flexibility index (Phi) is 5.60. The maximum Gasteiger partial charge on any atom is 0.246 e. The normalized spacial score (nSPS) is 40.7. The number of benzene rings is 1. The molecule has 1 heterocycles. The molecular formula is C28H37NO3S. The van der Waals surface area contributed by atoms with E-state index in [2.05, 4.69) is 19.9 Å². The molecule has 178 valence electrons. The maximum atomic E-state index is 13.8. The van der Waals surface area contributed by atoms with Gasteiger partial charge in [-0.2, -0.15) is 0 Å². The lowest BCUT2D eigenvalue weighted by Crippen LogP contribution is -2.59. The number of ketones is 1. The molecule has 1 aromatic rings. The number of nitrogens with zero attached hydrogens (tertiary/aromatic N) is 1. The van der Waals surface area contributed by atoms with Gasteiger partial charge in [0.2, 0.25) is 5.91 Å². The highest BCUT2D eigenvalue weighted by molar-refractivity contribution is 7.90. The minimum atomic E-state index is -1.04. The third-order valence-corrected chi connectivity index (χ3v) is 11.2. The Morgan fingerprint density at radius 2 is 1.88 bits per heavy atom. The number of fused-ring (bicyclic) bond motifs is 5. The molecule has 0 aromatic heterocycles. The van der Waals surface area contributed by atoms with E-state index in [1.165, 1.54) is 0 Å². The summed E-state index contributed by atoms with van der Waals surface area (Å²) in [4.78, 5) is 28.9. The number of amides is 1. The molecule has 8 atom stereocenters. The van der Waals surface area contributed by atoms with Gasteiger partial charge in [0.05, 0.1) is 0 Å². The Hall–Kier alpha value is -1.59. The molecule has 1 amide bonds. The van der Waals surface area contributed by atoms with Gasteiger partial charge in [-0.15, -0.1) is 0 Å². The molecule has 5 rings (SSSR count). The Bertz CT molecular complexity index is 1020. The van der Waals surface area contributed by atoms with Crippen LogP contribution >= 0.6 is 0 Å². The van der Waals surface area contributed by atoms with Crippen LogP contribution in [0.25, 0.3) is 0 Å². The first-order chi connectivity index (χ1) is 15.6. The monoisotopic (exact) mass is 467 g/mol. The summed E-state index contributed by atoms with van der Waals surface area (Å²) in [6.07, 6.45) is 12.2. The lowest BCUT2D eigenvalue weighted by Gasteiger charge is -2.60. The quantitative estimate of drug-likeness (QED) is 0.455. The zero-order valence-corrected chi connectivity index (χ0v) is 21.4. The molecule has 1 aliphatic heterocycles. The largest absolute Gasteiger partial charge is 0.612 e. The van der Waals surface area contributed by atoms with Crippen LogP contribution in [0.3, 0.4) is 0 Å². The van der Waals surface area contributed by atoms with Gasteiger partial charge in [-0.05, 0) is 110 Å². The molecule has 0 saturated heterocycles. The first-order valence-electron chi connectivity index (χ1n) is 12.5. The van der Waals surface area contributed by atoms with Gasteiger partial charge in [-0.3, -0.25) is 9.59 Å². The van der Waals surface area contributed by atoms with E-state index in [0.29, 0.717) is 23.8 Å². The second kappa shape index (κ2) is 7.98. The fourth-order valence-corrected chi connectivity index (χ4v) is 9.05. The van der Waals surface area contributed by atoms with Gasteiger partial charge in [-0.1, -0.05) is 19.9 Å². The van der Waals surface area contributed by atoms with Crippen molar-refractivity contribution in [1.29, 1.82) is 0 Å². The third-order valence-electron chi connectivity index (χ3n) is 10.2. The van der Waals surface area contributed by atoms with Gasteiger partial charge in [0.25, 0.3) is 0 Å². The van der Waals surface area contributed by atoms with Gasteiger partial charge in [0.1, 0.15) is 6.26 Å². The first-order valence-corrected chi connectivity index (χ1v) is 14.1. The fraction of sp³-hybridized carbons (Fsp3) is 0.643. The van der Waals surface area contributed by atoms with E-state index in [-0.39, 0.29) is 28.4 Å². The van der Waals surface area contributed by atoms with E-state index >= 15 is 0 Å². The Morgan fingerprint density at radius 1 is 1.12 bits per heavy atom. The number of hydrogen-bond donors (Lipinski definition) is 0. The smallest absolute Gasteiger partial charge is 0.246 e. The van der Waals surface area contributed by atoms with Crippen molar-refractivity contribution >= 4 is 22.9 Å². The van der Waals surface area contributed by atoms with Crippen LogP contribution in [0, 0.1) is 41.4 Å². The summed E-state index contributed by atoms with van der Waals surface area (Å²) in [6.45, 7) is 6.73. The summed E-state index contributed by atoms with van der Waals surface area (Å²) in [7, 11) is 1.97. The summed E-state index contributed by atoms with van der Waals surface area (Å²) < 4.78 is 11.9. The van der Waals surface area contributed by atoms with E-state index in [4.69, 9.17) is 0 Å². The van der Waals surface area contributed by atoms with Crippen LogP contribution in [-0.2, 0) is 16.0 Å². The molecule has 5 heteroatoms. The maximum absolute atomic E-state index is 13.8. The van der Waals surface area contributed by atoms with Gasteiger partial charge in [-0.25, -0.2) is 0 Å². The molecule has 3 aliphatic carbocycles. The number of carbonyl (C=O) groups is 2. The van der Waals surface area contributed by atoms with Crippen LogP contribution in [0.4, 0.5) is 0 Å². The van der Waals surface area contributed by atoms with Crippen LogP contribution in [0.1, 0.15) is 68.3 Å². The second-order valence-corrected chi connectivity index (χ2v) is 13.0. The van der Waals surface area contributed by atoms with Gasteiger partial charge in [0.15, 0.2) is 10.7 Å². The average Bonchev–Trinajstić information content (AvgIpc) is 3.13. The van der Waals surface area contributed by atoms with Crippen LogP contribution in [-0.4, -0.2) is 40.5 Å².